The number of carbonyl (C=O) groups is 2. The molecule has 12 nitrogen and oxygen atoms in total. The number of ether oxygens (including phenoxy) is 2. The summed E-state index contributed by atoms with van der Waals surface area (Å²) in [7, 11) is -1.94. The molecule has 1 atom stereocenters. The number of hydrogen-bond donors (Lipinski definition) is 1. The summed E-state index contributed by atoms with van der Waals surface area (Å²) in [5.74, 6) is -0.364. The monoisotopic (exact) mass is 606 g/mol. The highest BCUT2D eigenvalue weighted by Gasteiger charge is 2.26. The third-order valence-corrected chi connectivity index (χ3v) is 9.68. The number of methoxy groups -OCH3 is 1. The molecule has 0 aliphatic carbocycles. The first-order chi connectivity index (χ1) is 19.7. The van der Waals surface area contributed by atoms with Gasteiger partial charge in [-0.05, 0) is 25.5 Å². The number of amides is 2. The van der Waals surface area contributed by atoms with Crippen LogP contribution in [0.15, 0.2) is 40.5 Å². The molecule has 2 aromatic rings. The average Bonchev–Trinajstić information content (AvgIpc) is 3.38. The molecule has 2 aliphatic rings. The number of benzene rings is 1. The molecule has 0 bridgehead atoms. The first-order valence-electron chi connectivity index (χ1n) is 13.7. The minimum Gasteiger partial charge on any atom is -0.385 e. The second-order valence-corrected chi connectivity index (χ2v) is 13.3. The van der Waals surface area contributed by atoms with Gasteiger partial charge in [0.2, 0.25) is 5.91 Å². The fourth-order valence-corrected chi connectivity index (χ4v) is 6.95. The summed E-state index contributed by atoms with van der Waals surface area (Å²) in [5, 5.41) is 9.72. The van der Waals surface area contributed by atoms with Crippen LogP contribution < -0.4 is 5.32 Å². The van der Waals surface area contributed by atoms with Crippen molar-refractivity contribution in [3.63, 3.8) is 0 Å². The number of aromatic nitrogens is 1. The van der Waals surface area contributed by atoms with E-state index in [1.54, 1.807) is 30.3 Å². The number of nitrogens with one attached hydrogen (secondary N) is 1. The maximum absolute atomic E-state index is 13.5. The number of nitrogens with zero attached hydrogens (tertiary/aromatic N) is 5. The Balaban J connectivity index is 1.46. The number of carbonyl (C=O) groups excluding carboxylic acids is 2. The topological polar surface area (TPSA) is 134 Å². The predicted octanol–water partition coefficient (Wildman–Crippen LogP) is 1.68. The molecule has 2 amide bonds. The van der Waals surface area contributed by atoms with Crippen molar-refractivity contribution in [3.05, 3.63) is 40.9 Å². The van der Waals surface area contributed by atoms with Crippen LogP contribution in [0.4, 0.5) is 5.13 Å². The normalized spacial score (nSPS) is 18.9. The molecule has 4 rings (SSSR count). The van der Waals surface area contributed by atoms with Crippen LogP contribution in [-0.4, -0.2) is 117 Å². The molecule has 0 unspecified atom stereocenters. The van der Waals surface area contributed by atoms with Gasteiger partial charge in [0.05, 0.1) is 37.0 Å². The highest BCUT2D eigenvalue weighted by atomic mass is 32.2. The van der Waals surface area contributed by atoms with Crippen LogP contribution in [0.3, 0.4) is 0 Å². The van der Waals surface area contributed by atoms with Gasteiger partial charge >= 0.3 is 0 Å². The zero-order valence-electron chi connectivity index (χ0n) is 23.7. The maximum Gasteiger partial charge on any atom is 0.278 e. The standard InChI is InChI=1S/C27H38N6O6S2/c1-20-18-31(9-10-33(20)21(2)34)19-23-17-28-27(40-23)29-26(35)25(30-32-11-14-39-15-12-32)22-5-7-24(8-6-22)41(36,37)16-4-13-38-3/h5-8,17,20H,4,9-16,18-19H2,1-3H3,(H,28,29,35)/b30-25+/t20-/m0/s1. The van der Waals surface area contributed by atoms with Crippen LogP contribution in [0.2, 0.25) is 0 Å². The lowest BCUT2D eigenvalue weighted by molar-refractivity contribution is -0.133. The molecular formula is C27H38N6O6S2. The lowest BCUT2D eigenvalue weighted by Crippen LogP contribution is -2.52. The Morgan fingerprint density at radius 2 is 1.90 bits per heavy atom. The Bertz CT molecular complexity index is 1320. The van der Waals surface area contributed by atoms with E-state index in [4.69, 9.17) is 9.47 Å². The van der Waals surface area contributed by atoms with Gasteiger partial charge in [-0.1, -0.05) is 12.1 Å². The fraction of sp³-hybridized carbons (Fsp3) is 0.556. The van der Waals surface area contributed by atoms with Gasteiger partial charge in [-0.25, -0.2) is 13.4 Å². The van der Waals surface area contributed by atoms with Crippen LogP contribution in [0.5, 0.6) is 0 Å². The summed E-state index contributed by atoms with van der Waals surface area (Å²) in [6.45, 7) is 9.02. The first-order valence-corrected chi connectivity index (χ1v) is 16.1. The molecule has 2 saturated heterocycles. The third kappa shape index (κ3) is 8.55. The van der Waals surface area contributed by atoms with Crippen LogP contribution >= 0.6 is 11.3 Å². The number of morpholine rings is 1. The van der Waals surface area contributed by atoms with E-state index in [1.807, 2.05) is 11.8 Å². The number of hydrazone groups is 1. The van der Waals surface area contributed by atoms with E-state index in [1.165, 1.54) is 30.6 Å². The van der Waals surface area contributed by atoms with E-state index in [9.17, 15) is 18.0 Å². The maximum atomic E-state index is 13.5. The van der Waals surface area contributed by atoms with Crippen LogP contribution in [0.25, 0.3) is 0 Å². The molecule has 41 heavy (non-hydrogen) atoms. The Hall–Kier alpha value is -2.91. The molecule has 3 heterocycles. The second kappa shape index (κ2) is 14.3. The number of thiazole rings is 1. The van der Waals surface area contributed by atoms with Crippen molar-refractivity contribution in [1.82, 2.24) is 19.8 Å². The molecule has 14 heteroatoms. The average molecular weight is 607 g/mol. The van der Waals surface area contributed by atoms with Gasteiger partial charge in [-0.2, -0.15) is 5.10 Å². The van der Waals surface area contributed by atoms with Crippen molar-refractivity contribution in [2.75, 3.05) is 70.7 Å². The zero-order valence-corrected chi connectivity index (χ0v) is 25.4. The molecule has 224 valence electrons. The third-order valence-electron chi connectivity index (χ3n) is 6.96. The summed E-state index contributed by atoms with van der Waals surface area (Å²) in [6.07, 6.45) is 2.15. The number of piperazine rings is 1. The van der Waals surface area contributed by atoms with Crippen molar-refractivity contribution in [3.8, 4) is 0 Å². The fourth-order valence-electron chi connectivity index (χ4n) is 4.82. The summed E-state index contributed by atoms with van der Waals surface area (Å²) in [4.78, 5) is 35.0. The van der Waals surface area contributed by atoms with Gasteiger partial charge in [0.1, 0.15) is 0 Å². The van der Waals surface area contributed by atoms with Crippen molar-refractivity contribution >= 4 is 43.8 Å². The van der Waals surface area contributed by atoms with E-state index < -0.39 is 15.7 Å². The molecule has 1 aromatic heterocycles. The van der Waals surface area contributed by atoms with E-state index in [2.05, 4.69) is 20.3 Å². The van der Waals surface area contributed by atoms with Crippen LogP contribution in [0, 0.1) is 0 Å². The van der Waals surface area contributed by atoms with E-state index in [0.717, 1.165) is 18.0 Å². The molecule has 1 aromatic carbocycles. The number of sulfone groups is 1. The van der Waals surface area contributed by atoms with E-state index >= 15 is 0 Å². The quantitative estimate of drug-likeness (QED) is 0.300. The number of hydrogen-bond acceptors (Lipinski definition) is 11. The van der Waals surface area contributed by atoms with Crippen LogP contribution in [-0.2, 0) is 35.4 Å². The smallest absolute Gasteiger partial charge is 0.278 e. The largest absolute Gasteiger partial charge is 0.385 e. The van der Waals surface area contributed by atoms with Gasteiger partial charge in [0.25, 0.3) is 5.91 Å². The molecule has 0 saturated carbocycles. The van der Waals surface area contributed by atoms with Gasteiger partial charge in [-0.15, -0.1) is 11.3 Å². The Morgan fingerprint density at radius 1 is 1.17 bits per heavy atom. The molecule has 2 fully saturated rings. The minimum absolute atomic E-state index is 0.0207. The Kier molecular flexibility index (Phi) is 10.8. The number of anilines is 1. The van der Waals surface area contributed by atoms with Crippen molar-refractivity contribution in [2.24, 2.45) is 5.10 Å². The van der Waals surface area contributed by atoms with Gasteiger partial charge in [-0.3, -0.25) is 24.8 Å². The van der Waals surface area contributed by atoms with Crippen molar-refractivity contribution in [1.29, 1.82) is 0 Å². The molecule has 1 N–H and O–H groups in total. The zero-order chi connectivity index (χ0) is 29.4. The summed E-state index contributed by atoms with van der Waals surface area (Å²) >= 11 is 1.39. The second-order valence-electron chi connectivity index (χ2n) is 10.1. The highest BCUT2D eigenvalue weighted by Crippen LogP contribution is 2.22. The lowest BCUT2D eigenvalue weighted by atomic mass is 10.1. The Labute approximate surface area is 245 Å². The predicted molar refractivity (Wildman–Crippen MR) is 157 cm³/mol. The molecule has 0 spiro atoms. The van der Waals surface area contributed by atoms with Crippen LogP contribution in [0.1, 0.15) is 30.7 Å². The van der Waals surface area contributed by atoms with Gasteiger partial charge in [0, 0.05) is 69.5 Å². The molecular weight excluding hydrogens is 568 g/mol. The first kappa shape index (κ1) is 31.0. The van der Waals surface area contributed by atoms with Gasteiger partial charge < -0.3 is 14.4 Å². The molecule has 0 radical (unpaired) electrons. The highest BCUT2D eigenvalue weighted by molar-refractivity contribution is 7.91. The van der Waals surface area contributed by atoms with Crippen molar-refractivity contribution < 1.29 is 27.5 Å². The van der Waals surface area contributed by atoms with E-state index in [0.29, 0.717) is 63.1 Å². The summed E-state index contributed by atoms with van der Waals surface area (Å²) < 4.78 is 35.7. The number of rotatable bonds is 11. The summed E-state index contributed by atoms with van der Waals surface area (Å²) in [5.41, 5.74) is 0.667. The Morgan fingerprint density at radius 3 is 2.56 bits per heavy atom. The van der Waals surface area contributed by atoms with Gasteiger partial charge in [0.15, 0.2) is 20.7 Å². The minimum atomic E-state index is -3.47. The lowest BCUT2D eigenvalue weighted by Gasteiger charge is -2.39. The van der Waals surface area contributed by atoms with Crippen molar-refractivity contribution in [2.45, 2.75) is 37.8 Å². The van der Waals surface area contributed by atoms with E-state index in [-0.39, 0.29) is 28.3 Å². The summed E-state index contributed by atoms with van der Waals surface area (Å²) in [6, 6.07) is 6.37. The molecule has 2 aliphatic heterocycles. The SMILES string of the molecule is COCCCS(=O)(=O)c1ccc(/C(=N\N2CCOCC2)C(=O)Nc2ncc(CN3CCN(C(C)=O)[C@@H](C)C3)s2)cc1.